The van der Waals surface area contributed by atoms with E-state index >= 15 is 0 Å². The maximum atomic E-state index is 12.7. The molecule has 0 spiro atoms. The first-order chi connectivity index (χ1) is 15.6. The Labute approximate surface area is 189 Å². The minimum atomic E-state index is -0.116. The van der Waals surface area contributed by atoms with Crippen LogP contribution in [0.15, 0.2) is 55.1 Å². The van der Waals surface area contributed by atoms with Crippen LogP contribution in [0.1, 0.15) is 29.2 Å². The van der Waals surface area contributed by atoms with Crippen LogP contribution in [0.25, 0.3) is 15.3 Å². The number of nitrogens with zero attached hydrogens (tertiary/aromatic N) is 3. The van der Waals surface area contributed by atoms with Crippen molar-refractivity contribution in [2.45, 2.75) is 19.3 Å². The summed E-state index contributed by atoms with van der Waals surface area (Å²) in [6.07, 6.45) is 2.06. The van der Waals surface area contributed by atoms with E-state index in [4.69, 9.17) is 19.6 Å². The Morgan fingerprint density at radius 2 is 2.16 bits per heavy atom. The summed E-state index contributed by atoms with van der Waals surface area (Å²) < 4.78 is 13.8. The number of hydrogen-bond acceptors (Lipinski definition) is 6. The van der Waals surface area contributed by atoms with Crippen LogP contribution >= 0.6 is 11.3 Å². The van der Waals surface area contributed by atoms with Gasteiger partial charge in [0.25, 0.3) is 0 Å². The minimum absolute atomic E-state index is 0.0520. The Kier molecular flexibility index (Phi) is 5.14. The van der Waals surface area contributed by atoms with Crippen molar-refractivity contribution in [3.8, 4) is 16.6 Å². The van der Waals surface area contributed by atoms with Gasteiger partial charge in [0, 0.05) is 17.9 Å². The van der Waals surface area contributed by atoms with Crippen molar-refractivity contribution < 1.29 is 14.3 Å². The number of nitrogens with one attached hydrogen (secondary N) is 1. The highest BCUT2D eigenvalue weighted by atomic mass is 32.1. The molecule has 1 unspecified atom stereocenters. The molecule has 0 bridgehead atoms. The van der Waals surface area contributed by atoms with Crippen LogP contribution in [0.5, 0.6) is 11.5 Å². The number of amides is 1. The van der Waals surface area contributed by atoms with Gasteiger partial charge in [-0.1, -0.05) is 36.1 Å². The molecule has 8 heteroatoms. The molecule has 0 fully saturated rings. The quantitative estimate of drug-likeness (QED) is 0.429. The zero-order valence-corrected chi connectivity index (χ0v) is 18.6. The van der Waals surface area contributed by atoms with Crippen LogP contribution in [0.2, 0.25) is 0 Å². The molecule has 0 saturated carbocycles. The maximum Gasteiger partial charge on any atom is 0.226 e. The highest BCUT2D eigenvalue weighted by Gasteiger charge is 2.33. The van der Waals surface area contributed by atoms with Crippen molar-refractivity contribution in [1.82, 2.24) is 14.8 Å². The van der Waals surface area contributed by atoms with Gasteiger partial charge < -0.3 is 14.8 Å². The lowest BCUT2D eigenvalue weighted by Gasteiger charge is -2.24. The van der Waals surface area contributed by atoms with E-state index in [1.165, 1.54) is 11.3 Å². The predicted octanol–water partition coefficient (Wildman–Crippen LogP) is 4.84. The summed E-state index contributed by atoms with van der Waals surface area (Å²) in [7, 11) is 1.64. The van der Waals surface area contributed by atoms with Crippen molar-refractivity contribution in [2.75, 3.05) is 19.0 Å². The third-order valence-electron chi connectivity index (χ3n) is 5.50. The highest BCUT2D eigenvalue weighted by molar-refractivity contribution is 7.20. The van der Waals surface area contributed by atoms with E-state index in [1.807, 2.05) is 49.4 Å². The fourth-order valence-electron chi connectivity index (χ4n) is 4.06. The lowest BCUT2D eigenvalue weighted by Crippen LogP contribution is -2.25. The second kappa shape index (κ2) is 8.12. The number of aryl methyl sites for hydroxylation is 1. The van der Waals surface area contributed by atoms with E-state index in [9.17, 15) is 4.79 Å². The molecule has 2 aromatic heterocycles. The summed E-state index contributed by atoms with van der Waals surface area (Å²) in [6.45, 7) is 6.09. The Bertz CT molecular complexity index is 1340. The number of aromatic nitrogens is 3. The van der Waals surface area contributed by atoms with Crippen molar-refractivity contribution in [1.29, 1.82) is 0 Å². The number of anilines is 1. The summed E-state index contributed by atoms with van der Waals surface area (Å²) in [5.41, 5.74) is 3.74. The van der Waals surface area contributed by atoms with E-state index in [0.29, 0.717) is 24.0 Å². The summed E-state index contributed by atoms with van der Waals surface area (Å²) in [6, 6.07) is 13.6. The Balaban J connectivity index is 1.59. The number of methoxy groups -OCH3 is 1. The van der Waals surface area contributed by atoms with Gasteiger partial charge in [-0.15, -0.1) is 0 Å². The van der Waals surface area contributed by atoms with Crippen molar-refractivity contribution in [3.63, 3.8) is 0 Å². The zero-order valence-electron chi connectivity index (χ0n) is 17.8. The number of rotatable bonds is 6. The number of fused-ring (bicyclic) bond motifs is 2. The van der Waals surface area contributed by atoms with Gasteiger partial charge in [-0.3, -0.25) is 4.79 Å². The molecule has 5 rings (SSSR count). The third kappa shape index (κ3) is 3.52. The van der Waals surface area contributed by atoms with Gasteiger partial charge in [-0.05, 0) is 42.8 Å². The Morgan fingerprint density at radius 3 is 2.97 bits per heavy atom. The first-order valence-electron chi connectivity index (χ1n) is 10.3. The molecule has 1 atom stereocenters. The van der Waals surface area contributed by atoms with E-state index < -0.39 is 0 Å². The van der Waals surface area contributed by atoms with Gasteiger partial charge in [0.05, 0.1) is 23.0 Å². The van der Waals surface area contributed by atoms with E-state index in [-0.39, 0.29) is 11.8 Å². The number of carbonyl (C=O) groups excluding carboxylic acids is 1. The molecular formula is C24H22N4O3S. The van der Waals surface area contributed by atoms with Gasteiger partial charge >= 0.3 is 0 Å². The lowest BCUT2D eigenvalue weighted by atomic mass is 9.86. The van der Waals surface area contributed by atoms with E-state index in [2.05, 4.69) is 11.9 Å². The fourth-order valence-corrected chi connectivity index (χ4v) is 5.01. The molecule has 1 aliphatic heterocycles. The highest BCUT2D eigenvalue weighted by Crippen LogP contribution is 2.41. The number of ether oxygens (including phenoxy) is 2. The molecule has 1 amide bonds. The average Bonchev–Trinajstić information content (AvgIpc) is 3.37. The molecule has 0 aliphatic carbocycles. The van der Waals surface area contributed by atoms with Gasteiger partial charge in [0.15, 0.2) is 0 Å². The molecule has 1 aliphatic rings. The maximum absolute atomic E-state index is 12.7. The van der Waals surface area contributed by atoms with Crippen molar-refractivity contribution >= 4 is 33.3 Å². The predicted molar refractivity (Wildman–Crippen MR) is 125 cm³/mol. The van der Waals surface area contributed by atoms with Crippen LogP contribution in [0, 0.1) is 6.92 Å². The number of hydrogen-bond donors (Lipinski definition) is 1. The van der Waals surface area contributed by atoms with E-state index in [0.717, 1.165) is 38.5 Å². The van der Waals surface area contributed by atoms with Crippen molar-refractivity contribution in [2.24, 2.45) is 0 Å². The molecule has 7 nitrogen and oxygen atoms in total. The second-order valence-electron chi connectivity index (χ2n) is 7.57. The summed E-state index contributed by atoms with van der Waals surface area (Å²) >= 11 is 1.50. The number of carbonyl (C=O) groups is 1. The SMILES string of the molecule is C=CCOc1cccc(C2CC(=O)Nc3c2c(C)nn3-c2nc3ccc(OC)cc3s2)c1. The summed E-state index contributed by atoms with van der Waals surface area (Å²) in [4.78, 5) is 17.4. The summed E-state index contributed by atoms with van der Waals surface area (Å²) in [5.74, 6) is 2.03. The smallest absolute Gasteiger partial charge is 0.226 e. The van der Waals surface area contributed by atoms with Crippen LogP contribution in [-0.4, -0.2) is 34.4 Å². The van der Waals surface area contributed by atoms with Gasteiger partial charge in [0.2, 0.25) is 11.0 Å². The summed E-state index contributed by atoms with van der Waals surface area (Å²) in [5, 5.41) is 8.47. The number of thiazole rings is 1. The largest absolute Gasteiger partial charge is 0.497 e. The van der Waals surface area contributed by atoms with Crippen LogP contribution in [0.3, 0.4) is 0 Å². The first-order valence-corrected chi connectivity index (χ1v) is 11.1. The van der Waals surface area contributed by atoms with Gasteiger partial charge in [0.1, 0.15) is 23.9 Å². The van der Waals surface area contributed by atoms with Gasteiger partial charge in [-0.2, -0.15) is 9.78 Å². The topological polar surface area (TPSA) is 78.3 Å². The molecule has 3 heterocycles. The third-order valence-corrected chi connectivity index (χ3v) is 6.49. The Hall–Kier alpha value is -3.65. The average molecular weight is 447 g/mol. The molecule has 0 radical (unpaired) electrons. The van der Waals surface area contributed by atoms with Crippen LogP contribution in [-0.2, 0) is 4.79 Å². The molecule has 32 heavy (non-hydrogen) atoms. The lowest BCUT2D eigenvalue weighted by molar-refractivity contribution is -0.116. The zero-order chi connectivity index (χ0) is 22.2. The minimum Gasteiger partial charge on any atom is -0.497 e. The van der Waals surface area contributed by atoms with Gasteiger partial charge in [-0.25, -0.2) is 4.98 Å². The molecule has 0 saturated heterocycles. The van der Waals surface area contributed by atoms with E-state index in [1.54, 1.807) is 17.9 Å². The Morgan fingerprint density at radius 1 is 1.28 bits per heavy atom. The second-order valence-corrected chi connectivity index (χ2v) is 8.58. The van der Waals surface area contributed by atoms with Crippen LogP contribution < -0.4 is 14.8 Å². The first kappa shape index (κ1) is 20.3. The standard InChI is InChI=1S/C24H22N4O3S/c1-4-10-31-17-7-5-6-15(11-17)18-13-21(29)26-23-22(18)14(2)27-28(23)24-25-19-9-8-16(30-3)12-20(19)32-24/h4-9,11-12,18H,1,10,13H2,2-3H3,(H,26,29). The van der Waals surface area contributed by atoms with Crippen molar-refractivity contribution in [3.05, 3.63) is 71.9 Å². The normalized spacial score (nSPS) is 15.3. The molecule has 162 valence electrons. The monoisotopic (exact) mass is 446 g/mol. The number of benzene rings is 2. The molecule has 4 aromatic rings. The molecular weight excluding hydrogens is 424 g/mol. The molecule has 1 N–H and O–H groups in total. The van der Waals surface area contributed by atoms with Crippen LogP contribution in [0.4, 0.5) is 5.82 Å². The fraction of sp³-hybridized carbons (Fsp3) is 0.208. The molecule has 2 aromatic carbocycles.